The first-order valence-corrected chi connectivity index (χ1v) is 7.08. The van der Waals surface area contributed by atoms with Gasteiger partial charge in [-0.3, -0.25) is 9.36 Å². The summed E-state index contributed by atoms with van der Waals surface area (Å²) in [6.45, 7) is 1.06. The monoisotopic (exact) mass is 333 g/mol. The molecule has 0 bridgehead atoms. The van der Waals surface area contributed by atoms with Crippen molar-refractivity contribution in [3.8, 4) is 0 Å². The quantitative estimate of drug-likeness (QED) is 0.495. The average Bonchev–Trinajstić information content (AvgIpc) is 2.83. The van der Waals surface area contributed by atoms with Gasteiger partial charge in [0.05, 0.1) is 24.8 Å². The number of hydrogen-bond donors (Lipinski definition) is 4. The number of aryl methyl sites for hydroxylation is 1. The van der Waals surface area contributed by atoms with Gasteiger partial charge in [-0.25, -0.2) is 14.3 Å². The largest absolute Gasteiger partial charge is 0.464 e. The minimum atomic E-state index is -1.41. The van der Waals surface area contributed by atoms with E-state index >= 15 is 0 Å². The molecule has 122 valence electrons. The van der Waals surface area contributed by atoms with E-state index in [0.717, 1.165) is 4.57 Å². The summed E-state index contributed by atoms with van der Waals surface area (Å²) >= 11 is 0.330. The molecule has 3 atom stereocenters. The fourth-order valence-electron chi connectivity index (χ4n) is 2.09. The third kappa shape index (κ3) is 3.16. The van der Waals surface area contributed by atoms with E-state index in [1.807, 2.05) is 4.72 Å². The molecule has 1 amide bonds. The van der Waals surface area contributed by atoms with Crippen LogP contribution >= 0.6 is 12.1 Å². The summed E-state index contributed by atoms with van der Waals surface area (Å²) in [5, 5.41) is 27.3. The highest BCUT2D eigenvalue weighted by Gasteiger charge is 2.35. The summed E-state index contributed by atoms with van der Waals surface area (Å²) in [6, 6.07) is 0. The van der Waals surface area contributed by atoms with E-state index in [-0.39, 0.29) is 12.0 Å². The fourth-order valence-corrected chi connectivity index (χ4v) is 2.66. The highest BCUT2D eigenvalue weighted by Crippen LogP contribution is 2.27. The summed E-state index contributed by atoms with van der Waals surface area (Å²) in [4.78, 5) is 34.7. The van der Waals surface area contributed by atoms with Crippen molar-refractivity contribution >= 4 is 18.2 Å². The first-order chi connectivity index (χ1) is 10.3. The molecule has 1 fully saturated rings. The molecule has 1 aliphatic rings. The second-order valence-electron chi connectivity index (χ2n) is 4.71. The lowest BCUT2D eigenvalue weighted by atomic mass is 10.2. The van der Waals surface area contributed by atoms with Crippen molar-refractivity contribution < 1.29 is 24.9 Å². The third-order valence-corrected chi connectivity index (χ3v) is 3.94. The Morgan fingerprint density at radius 2 is 2.23 bits per heavy atom. The average molecular weight is 333 g/mol. The molecule has 1 aromatic rings. The lowest BCUT2D eigenvalue weighted by Gasteiger charge is -2.16. The van der Waals surface area contributed by atoms with Crippen molar-refractivity contribution in [3.05, 3.63) is 32.6 Å². The van der Waals surface area contributed by atoms with Gasteiger partial charge in [-0.2, -0.15) is 3.97 Å². The standard InChI is InChI=1S/C11H15N3O7S/c1-5-3-13(8-2-6(16)7(4-15)21-8)11(20)14(9(5)17)22-12-10(18)19/h3,6-8,12,15-16H,2,4H2,1H3,(H,18,19)/t6-,7+,8+/m0/s1. The lowest BCUT2D eigenvalue weighted by molar-refractivity contribution is -0.0460. The molecule has 1 saturated heterocycles. The van der Waals surface area contributed by atoms with Gasteiger partial charge in [0.15, 0.2) is 0 Å². The predicted octanol–water partition coefficient (Wildman–Crippen LogP) is -1.36. The summed E-state index contributed by atoms with van der Waals surface area (Å²) in [6.07, 6.45) is -2.66. The minimum Gasteiger partial charge on any atom is -0.464 e. The molecule has 4 N–H and O–H groups in total. The van der Waals surface area contributed by atoms with Crippen LogP contribution in [0.15, 0.2) is 15.8 Å². The lowest BCUT2D eigenvalue weighted by Crippen LogP contribution is -2.41. The SMILES string of the molecule is Cc1cn([C@H]2C[C@H](O)[C@@H](CO)O2)c(=O)n(SNC(=O)O)c1=O. The number of carboxylic acid groups (broad SMARTS) is 1. The van der Waals surface area contributed by atoms with Gasteiger partial charge >= 0.3 is 11.8 Å². The minimum absolute atomic E-state index is 0.0692. The van der Waals surface area contributed by atoms with Crippen LogP contribution in [0.4, 0.5) is 4.79 Å². The Hall–Kier alpha value is -1.82. The fraction of sp³-hybridized carbons (Fsp3) is 0.545. The van der Waals surface area contributed by atoms with Gasteiger partial charge in [0.2, 0.25) is 0 Å². The van der Waals surface area contributed by atoms with Crippen LogP contribution in [0.3, 0.4) is 0 Å². The Morgan fingerprint density at radius 1 is 1.55 bits per heavy atom. The number of amides is 1. The molecule has 1 aromatic heterocycles. The number of ether oxygens (including phenoxy) is 1. The topological polar surface area (TPSA) is 143 Å². The zero-order valence-electron chi connectivity index (χ0n) is 11.5. The molecular formula is C11H15N3O7S. The number of rotatable bonds is 4. The van der Waals surface area contributed by atoms with E-state index < -0.39 is 42.4 Å². The summed E-state index contributed by atoms with van der Waals surface area (Å²) in [7, 11) is 0. The van der Waals surface area contributed by atoms with Gasteiger partial charge in [-0.15, -0.1) is 0 Å². The molecule has 0 unspecified atom stereocenters. The van der Waals surface area contributed by atoms with Crippen molar-refractivity contribution in [2.24, 2.45) is 0 Å². The zero-order valence-corrected chi connectivity index (χ0v) is 12.3. The molecule has 0 saturated carbocycles. The highest BCUT2D eigenvalue weighted by atomic mass is 32.2. The van der Waals surface area contributed by atoms with Crippen molar-refractivity contribution in [2.75, 3.05) is 6.61 Å². The Balaban J connectivity index is 2.39. The molecule has 0 spiro atoms. The first kappa shape index (κ1) is 16.5. The van der Waals surface area contributed by atoms with Gasteiger partial charge in [0.1, 0.15) is 12.3 Å². The van der Waals surface area contributed by atoms with Crippen LogP contribution in [0.1, 0.15) is 18.2 Å². The predicted molar refractivity (Wildman–Crippen MR) is 75.5 cm³/mol. The van der Waals surface area contributed by atoms with Crippen molar-refractivity contribution in [2.45, 2.75) is 31.8 Å². The van der Waals surface area contributed by atoms with E-state index in [4.69, 9.17) is 14.9 Å². The molecule has 2 rings (SSSR count). The third-order valence-electron chi connectivity index (χ3n) is 3.17. The van der Waals surface area contributed by atoms with E-state index in [1.165, 1.54) is 13.1 Å². The molecule has 0 aliphatic carbocycles. The maximum Gasteiger partial charge on any atom is 0.416 e. The second kappa shape index (κ2) is 6.52. The molecule has 1 aliphatic heterocycles. The number of nitrogens with one attached hydrogen (secondary N) is 1. The van der Waals surface area contributed by atoms with Crippen molar-refractivity contribution in [1.29, 1.82) is 0 Å². The van der Waals surface area contributed by atoms with E-state index in [2.05, 4.69) is 0 Å². The van der Waals surface area contributed by atoms with Crippen LogP contribution in [0.2, 0.25) is 0 Å². The Morgan fingerprint density at radius 3 is 2.77 bits per heavy atom. The maximum absolute atomic E-state index is 12.3. The molecule has 0 radical (unpaired) electrons. The molecule has 10 nitrogen and oxygen atoms in total. The van der Waals surface area contributed by atoms with E-state index in [1.54, 1.807) is 0 Å². The van der Waals surface area contributed by atoms with E-state index in [0.29, 0.717) is 16.1 Å². The Labute approximate surface area is 128 Å². The molecule has 0 aromatic carbocycles. The zero-order chi connectivity index (χ0) is 16.4. The summed E-state index contributed by atoms with van der Waals surface area (Å²) in [5.74, 6) is 0. The summed E-state index contributed by atoms with van der Waals surface area (Å²) < 4.78 is 8.97. The van der Waals surface area contributed by atoms with Crippen LogP contribution in [0, 0.1) is 6.92 Å². The maximum atomic E-state index is 12.3. The van der Waals surface area contributed by atoms with Gasteiger partial charge in [0.25, 0.3) is 5.56 Å². The van der Waals surface area contributed by atoms with Crippen molar-refractivity contribution in [1.82, 2.24) is 13.3 Å². The number of aliphatic hydroxyl groups excluding tert-OH is 2. The Kier molecular flexibility index (Phi) is 4.90. The Bertz CT molecular complexity index is 685. The van der Waals surface area contributed by atoms with Crippen LogP contribution < -0.4 is 16.0 Å². The number of hydrogen-bond acceptors (Lipinski definition) is 7. The number of aliphatic hydroxyl groups is 2. The highest BCUT2D eigenvalue weighted by molar-refractivity contribution is 7.96. The van der Waals surface area contributed by atoms with Gasteiger partial charge in [-0.1, -0.05) is 0 Å². The van der Waals surface area contributed by atoms with Crippen LogP contribution in [0.5, 0.6) is 0 Å². The van der Waals surface area contributed by atoms with Gasteiger partial charge < -0.3 is 20.1 Å². The second-order valence-corrected chi connectivity index (χ2v) is 5.47. The molecule has 22 heavy (non-hydrogen) atoms. The van der Waals surface area contributed by atoms with Gasteiger partial charge in [0, 0.05) is 18.2 Å². The molecular weight excluding hydrogens is 318 g/mol. The first-order valence-electron chi connectivity index (χ1n) is 6.30. The number of nitrogens with zero attached hydrogens (tertiary/aromatic N) is 2. The smallest absolute Gasteiger partial charge is 0.416 e. The number of aromatic nitrogens is 2. The van der Waals surface area contributed by atoms with Gasteiger partial charge in [-0.05, 0) is 6.92 Å². The molecule has 2 heterocycles. The van der Waals surface area contributed by atoms with E-state index in [9.17, 15) is 19.5 Å². The van der Waals surface area contributed by atoms with Crippen LogP contribution in [0.25, 0.3) is 0 Å². The summed E-state index contributed by atoms with van der Waals surface area (Å²) in [5.41, 5.74) is -1.26. The molecule has 11 heteroatoms. The van der Waals surface area contributed by atoms with Crippen molar-refractivity contribution in [3.63, 3.8) is 0 Å². The normalized spacial score (nSPS) is 24.4. The van der Waals surface area contributed by atoms with Crippen LogP contribution in [-0.2, 0) is 4.74 Å². The van der Waals surface area contributed by atoms with Crippen LogP contribution in [-0.4, -0.2) is 48.8 Å². The number of carbonyl (C=O) groups is 1.